The third-order valence-corrected chi connectivity index (χ3v) is 4.48. The van der Waals surface area contributed by atoms with Gasteiger partial charge in [0.2, 0.25) is 5.91 Å². The molecule has 0 saturated heterocycles. The fraction of sp³-hybridized carbons (Fsp3) is 0.250. The second kappa shape index (κ2) is 7.57. The predicted molar refractivity (Wildman–Crippen MR) is 97.9 cm³/mol. The topological polar surface area (TPSA) is 69.0 Å². The van der Waals surface area contributed by atoms with Gasteiger partial charge < -0.3 is 10.1 Å². The largest absolute Gasteiger partial charge is 0.487 e. The number of carbonyl (C=O) groups excluding carboxylic acids is 1. The molecule has 1 N–H and O–H groups in total. The second-order valence-corrected chi connectivity index (χ2v) is 6.54. The number of rotatable bonds is 6. The van der Waals surface area contributed by atoms with E-state index in [2.05, 4.69) is 27.8 Å². The highest BCUT2D eigenvalue weighted by atomic mass is 19.1. The number of fused-ring (bicyclic) bond motifs is 1. The van der Waals surface area contributed by atoms with E-state index in [-0.39, 0.29) is 18.3 Å². The van der Waals surface area contributed by atoms with E-state index in [9.17, 15) is 9.18 Å². The summed E-state index contributed by atoms with van der Waals surface area (Å²) in [5, 5.41) is 10.7. The van der Waals surface area contributed by atoms with Gasteiger partial charge in [-0.1, -0.05) is 11.3 Å². The maximum atomic E-state index is 12.9. The molecule has 0 atom stereocenters. The minimum absolute atomic E-state index is 0.0171. The zero-order chi connectivity index (χ0) is 18.6. The summed E-state index contributed by atoms with van der Waals surface area (Å²) in [5.74, 6) is 0.203. The fourth-order valence-corrected chi connectivity index (χ4v) is 3.16. The summed E-state index contributed by atoms with van der Waals surface area (Å²) in [7, 11) is 0. The van der Waals surface area contributed by atoms with Crippen LogP contribution in [0.25, 0.3) is 0 Å². The first-order valence-electron chi connectivity index (χ1n) is 8.85. The van der Waals surface area contributed by atoms with Gasteiger partial charge in [0.1, 0.15) is 30.4 Å². The molecule has 0 spiro atoms. The van der Waals surface area contributed by atoms with Gasteiger partial charge in [0.15, 0.2) is 0 Å². The summed E-state index contributed by atoms with van der Waals surface area (Å²) in [4.78, 5) is 12.0. The van der Waals surface area contributed by atoms with Crippen LogP contribution in [0.3, 0.4) is 0 Å². The molecule has 0 radical (unpaired) electrons. The summed E-state index contributed by atoms with van der Waals surface area (Å²) in [5.41, 5.74) is 3.93. The summed E-state index contributed by atoms with van der Waals surface area (Å²) >= 11 is 0. The lowest BCUT2D eigenvalue weighted by Crippen LogP contribution is -2.19. The molecule has 1 amide bonds. The van der Waals surface area contributed by atoms with E-state index < -0.39 is 0 Å². The predicted octanol–water partition coefficient (Wildman–Crippen LogP) is 3.12. The van der Waals surface area contributed by atoms with E-state index in [4.69, 9.17) is 4.74 Å². The average molecular weight is 366 g/mol. The molecule has 0 unspecified atom stereocenters. The normalized spacial score (nSPS) is 12.6. The third-order valence-electron chi connectivity index (χ3n) is 4.48. The van der Waals surface area contributed by atoms with E-state index in [1.165, 1.54) is 46.5 Å². The molecule has 0 bridgehead atoms. The summed E-state index contributed by atoms with van der Waals surface area (Å²) in [6.07, 6.45) is 5.13. The van der Waals surface area contributed by atoms with Crippen LogP contribution < -0.4 is 10.1 Å². The van der Waals surface area contributed by atoms with Gasteiger partial charge in [-0.25, -0.2) is 9.07 Å². The molecule has 27 heavy (non-hydrogen) atoms. The van der Waals surface area contributed by atoms with Crippen molar-refractivity contribution in [3.05, 3.63) is 71.3 Å². The number of anilines is 1. The van der Waals surface area contributed by atoms with Crippen LogP contribution in [0, 0.1) is 5.82 Å². The van der Waals surface area contributed by atoms with Crippen molar-refractivity contribution in [1.82, 2.24) is 15.0 Å². The van der Waals surface area contributed by atoms with Gasteiger partial charge in [-0.15, -0.1) is 5.10 Å². The van der Waals surface area contributed by atoms with E-state index in [0.29, 0.717) is 18.0 Å². The Bertz CT molecular complexity index is 953. The molecule has 1 aliphatic carbocycles. The number of amides is 1. The highest BCUT2D eigenvalue weighted by molar-refractivity contribution is 5.90. The molecule has 138 valence electrons. The molecule has 1 heterocycles. The zero-order valence-electron chi connectivity index (χ0n) is 14.7. The standard InChI is InChI=1S/C20H19FN4O2/c21-16-5-7-17(8-6-16)22-20(26)12-25-11-18(23-24-25)13-27-19-9-4-14-2-1-3-15(14)10-19/h4-11H,1-3,12-13H2,(H,22,26). The van der Waals surface area contributed by atoms with Crippen molar-refractivity contribution in [2.24, 2.45) is 0 Å². The van der Waals surface area contributed by atoms with Crippen LogP contribution in [0.15, 0.2) is 48.7 Å². The van der Waals surface area contributed by atoms with Gasteiger partial charge >= 0.3 is 0 Å². The molecule has 1 aliphatic rings. The minimum Gasteiger partial charge on any atom is -0.487 e. The average Bonchev–Trinajstić information content (AvgIpc) is 3.30. The summed E-state index contributed by atoms with van der Waals surface area (Å²) < 4.78 is 20.1. The highest BCUT2D eigenvalue weighted by Gasteiger charge is 2.12. The lowest BCUT2D eigenvalue weighted by Gasteiger charge is -2.06. The number of nitrogens with one attached hydrogen (secondary N) is 1. The number of hydrogen-bond acceptors (Lipinski definition) is 4. The van der Waals surface area contributed by atoms with Gasteiger partial charge in [-0.2, -0.15) is 0 Å². The summed E-state index contributed by atoms with van der Waals surface area (Å²) in [6, 6.07) is 11.8. The Balaban J connectivity index is 1.30. The Morgan fingerprint density at radius 2 is 1.96 bits per heavy atom. The number of hydrogen-bond donors (Lipinski definition) is 1. The van der Waals surface area contributed by atoms with E-state index >= 15 is 0 Å². The van der Waals surface area contributed by atoms with Gasteiger partial charge in [0.25, 0.3) is 0 Å². The van der Waals surface area contributed by atoms with E-state index in [1.807, 2.05) is 6.07 Å². The first-order chi connectivity index (χ1) is 13.2. The van der Waals surface area contributed by atoms with Crippen LogP contribution in [0.2, 0.25) is 0 Å². The van der Waals surface area contributed by atoms with Gasteiger partial charge in [0, 0.05) is 5.69 Å². The maximum absolute atomic E-state index is 12.9. The number of aromatic nitrogens is 3. The van der Waals surface area contributed by atoms with Crippen molar-refractivity contribution in [2.75, 3.05) is 5.32 Å². The number of ether oxygens (including phenoxy) is 1. The minimum atomic E-state index is -0.350. The molecule has 0 fully saturated rings. The molecule has 3 aromatic rings. The van der Waals surface area contributed by atoms with Crippen molar-refractivity contribution >= 4 is 11.6 Å². The van der Waals surface area contributed by atoms with Crippen molar-refractivity contribution in [1.29, 1.82) is 0 Å². The SMILES string of the molecule is O=C(Cn1cc(COc2ccc3c(c2)CCC3)nn1)Nc1ccc(F)cc1. The van der Waals surface area contributed by atoms with Crippen LogP contribution >= 0.6 is 0 Å². The third kappa shape index (κ3) is 4.31. The molecule has 0 aliphatic heterocycles. The van der Waals surface area contributed by atoms with Gasteiger partial charge in [0.05, 0.1) is 6.20 Å². The quantitative estimate of drug-likeness (QED) is 0.728. The number of benzene rings is 2. The van der Waals surface area contributed by atoms with E-state index in [0.717, 1.165) is 18.6 Å². The Labute approximate surface area is 156 Å². The number of carbonyl (C=O) groups is 1. The lowest BCUT2D eigenvalue weighted by atomic mass is 10.1. The van der Waals surface area contributed by atoms with Crippen LogP contribution in [0.1, 0.15) is 23.2 Å². The Hall–Kier alpha value is -3.22. The number of nitrogens with zero attached hydrogens (tertiary/aromatic N) is 3. The van der Waals surface area contributed by atoms with Crippen LogP contribution in [0.4, 0.5) is 10.1 Å². The highest BCUT2D eigenvalue weighted by Crippen LogP contribution is 2.26. The molecule has 4 rings (SSSR count). The molecular weight excluding hydrogens is 347 g/mol. The van der Waals surface area contributed by atoms with Gasteiger partial charge in [-0.3, -0.25) is 4.79 Å². The number of aryl methyl sites for hydroxylation is 2. The van der Waals surface area contributed by atoms with Crippen LogP contribution in [-0.2, 0) is 30.8 Å². The molecule has 7 heteroatoms. The van der Waals surface area contributed by atoms with Crippen LogP contribution in [-0.4, -0.2) is 20.9 Å². The summed E-state index contributed by atoms with van der Waals surface area (Å²) in [6.45, 7) is 0.307. The Morgan fingerprint density at radius 1 is 1.15 bits per heavy atom. The second-order valence-electron chi connectivity index (χ2n) is 6.54. The van der Waals surface area contributed by atoms with Crippen molar-refractivity contribution in [2.45, 2.75) is 32.4 Å². The first-order valence-corrected chi connectivity index (χ1v) is 8.85. The lowest BCUT2D eigenvalue weighted by molar-refractivity contribution is -0.116. The molecular formula is C20H19FN4O2. The number of halogens is 1. The molecule has 2 aromatic carbocycles. The van der Waals surface area contributed by atoms with Crippen molar-refractivity contribution in [3.63, 3.8) is 0 Å². The van der Waals surface area contributed by atoms with Crippen LogP contribution in [0.5, 0.6) is 5.75 Å². The Morgan fingerprint density at radius 3 is 2.81 bits per heavy atom. The molecule has 1 aromatic heterocycles. The molecule has 0 saturated carbocycles. The maximum Gasteiger partial charge on any atom is 0.246 e. The Kier molecular flexibility index (Phi) is 4.82. The zero-order valence-corrected chi connectivity index (χ0v) is 14.7. The monoisotopic (exact) mass is 366 g/mol. The molecule has 6 nitrogen and oxygen atoms in total. The van der Waals surface area contributed by atoms with Gasteiger partial charge in [-0.05, 0) is 66.8 Å². The van der Waals surface area contributed by atoms with Crippen molar-refractivity contribution in [3.8, 4) is 5.75 Å². The van der Waals surface area contributed by atoms with E-state index in [1.54, 1.807) is 6.20 Å². The first kappa shape index (κ1) is 17.2. The fourth-order valence-electron chi connectivity index (χ4n) is 3.16. The van der Waals surface area contributed by atoms with Crippen molar-refractivity contribution < 1.29 is 13.9 Å². The smallest absolute Gasteiger partial charge is 0.246 e.